The molecule has 1 aromatic heterocycles. The van der Waals surface area contributed by atoms with Crippen LogP contribution in [0.4, 0.5) is 8.78 Å². The molecule has 11 heteroatoms. The second-order valence-electron chi connectivity index (χ2n) is 5.91. The fourth-order valence-electron chi connectivity index (χ4n) is 2.54. The number of benzene rings is 1. The van der Waals surface area contributed by atoms with Gasteiger partial charge in [0.2, 0.25) is 0 Å². The number of hydrogen-bond acceptors (Lipinski definition) is 5. The first-order valence-electron chi connectivity index (χ1n) is 9.58. The van der Waals surface area contributed by atoms with Crippen molar-refractivity contribution in [3.63, 3.8) is 0 Å². The molecule has 0 aliphatic carbocycles. The van der Waals surface area contributed by atoms with Crippen molar-refractivity contribution in [1.82, 2.24) is 16.0 Å². The number of amides is 1. The Morgan fingerprint density at radius 3 is 2.55 bits per heavy atom. The van der Waals surface area contributed by atoms with E-state index < -0.39 is 6.61 Å². The highest BCUT2D eigenvalue weighted by atomic mass is 127. The van der Waals surface area contributed by atoms with E-state index in [1.165, 1.54) is 6.26 Å². The van der Waals surface area contributed by atoms with E-state index in [0.717, 1.165) is 0 Å². The minimum atomic E-state index is -2.97. The van der Waals surface area contributed by atoms with Gasteiger partial charge in [-0.1, -0.05) is 12.1 Å². The molecular weight excluding hydrogens is 525 g/mol. The maximum atomic E-state index is 12.8. The molecule has 3 N–H and O–H groups in total. The molecule has 1 heterocycles. The molecule has 2 rings (SSSR count). The van der Waals surface area contributed by atoms with Gasteiger partial charge in [-0.3, -0.25) is 4.79 Å². The van der Waals surface area contributed by atoms with Crippen molar-refractivity contribution < 1.29 is 27.5 Å². The van der Waals surface area contributed by atoms with Crippen molar-refractivity contribution in [2.75, 3.05) is 26.2 Å². The van der Waals surface area contributed by atoms with Crippen LogP contribution in [0.2, 0.25) is 0 Å². The summed E-state index contributed by atoms with van der Waals surface area (Å²) in [5.74, 6) is 0.597. The van der Waals surface area contributed by atoms with Gasteiger partial charge >= 0.3 is 6.61 Å². The maximum absolute atomic E-state index is 12.8. The number of alkyl halides is 2. The van der Waals surface area contributed by atoms with Crippen LogP contribution in [-0.4, -0.2) is 44.7 Å². The number of aliphatic imine (C=N–C) groups is 1. The lowest BCUT2D eigenvalue weighted by Crippen LogP contribution is -2.41. The Morgan fingerprint density at radius 2 is 1.90 bits per heavy atom. The highest BCUT2D eigenvalue weighted by molar-refractivity contribution is 14.0. The Balaban J connectivity index is 0.00000480. The summed E-state index contributed by atoms with van der Waals surface area (Å²) in [5.41, 5.74) is 0.463. The van der Waals surface area contributed by atoms with Crippen LogP contribution in [0.1, 0.15) is 30.0 Å². The highest BCUT2D eigenvalue weighted by Gasteiger charge is 2.15. The van der Waals surface area contributed by atoms with E-state index >= 15 is 0 Å². The van der Waals surface area contributed by atoms with Crippen molar-refractivity contribution >= 4 is 35.8 Å². The Hall–Kier alpha value is -2.57. The third-order valence-corrected chi connectivity index (χ3v) is 3.77. The van der Waals surface area contributed by atoms with Gasteiger partial charge in [-0.15, -0.1) is 24.0 Å². The van der Waals surface area contributed by atoms with Crippen LogP contribution in [0.25, 0.3) is 0 Å². The lowest BCUT2D eigenvalue weighted by molar-refractivity contribution is -0.0520. The Morgan fingerprint density at radius 1 is 1.13 bits per heavy atom. The summed E-state index contributed by atoms with van der Waals surface area (Å²) in [7, 11) is 0. The van der Waals surface area contributed by atoms with Crippen LogP contribution in [0, 0.1) is 0 Å². The average Bonchev–Trinajstić information content (AvgIpc) is 3.26. The minimum absolute atomic E-state index is 0. The van der Waals surface area contributed by atoms with E-state index in [4.69, 9.17) is 9.15 Å². The fourth-order valence-corrected chi connectivity index (χ4v) is 2.54. The Bertz CT molecular complexity index is 820. The lowest BCUT2D eigenvalue weighted by Gasteiger charge is -2.15. The first-order valence-corrected chi connectivity index (χ1v) is 9.58. The molecule has 8 nitrogen and oxygen atoms in total. The summed E-state index contributed by atoms with van der Waals surface area (Å²) >= 11 is 0. The van der Waals surface area contributed by atoms with E-state index in [2.05, 4.69) is 25.7 Å². The molecular formula is C20H27F2IN4O4. The normalized spacial score (nSPS) is 10.9. The summed E-state index contributed by atoms with van der Waals surface area (Å²) in [4.78, 5) is 16.2. The van der Waals surface area contributed by atoms with Gasteiger partial charge < -0.3 is 29.8 Å². The van der Waals surface area contributed by atoms with Gasteiger partial charge in [-0.25, -0.2) is 4.99 Å². The number of nitrogens with one attached hydrogen (secondary N) is 3. The van der Waals surface area contributed by atoms with Crippen molar-refractivity contribution in [2.45, 2.75) is 27.0 Å². The van der Waals surface area contributed by atoms with Gasteiger partial charge in [0.15, 0.2) is 23.2 Å². The number of guanidine groups is 1. The third kappa shape index (κ3) is 8.99. The van der Waals surface area contributed by atoms with E-state index in [-0.39, 0.29) is 53.7 Å². The average molecular weight is 552 g/mol. The summed E-state index contributed by atoms with van der Waals surface area (Å²) in [6, 6.07) is 8.12. The van der Waals surface area contributed by atoms with Crippen LogP contribution in [0.15, 0.2) is 46.0 Å². The van der Waals surface area contributed by atoms with E-state index in [1.54, 1.807) is 37.3 Å². The predicted octanol–water partition coefficient (Wildman–Crippen LogP) is 3.38. The molecule has 0 saturated heterocycles. The van der Waals surface area contributed by atoms with Gasteiger partial charge in [-0.2, -0.15) is 8.78 Å². The monoisotopic (exact) mass is 552 g/mol. The molecule has 0 atom stereocenters. The first kappa shape index (κ1) is 26.5. The van der Waals surface area contributed by atoms with Crippen LogP contribution < -0.4 is 25.4 Å². The Kier molecular flexibility index (Phi) is 12.3. The molecule has 0 saturated carbocycles. The number of nitrogens with zero attached hydrogens (tertiary/aromatic N) is 1. The second-order valence-corrected chi connectivity index (χ2v) is 5.91. The maximum Gasteiger partial charge on any atom is 0.387 e. The quantitative estimate of drug-likeness (QED) is 0.171. The van der Waals surface area contributed by atoms with Gasteiger partial charge in [0, 0.05) is 25.2 Å². The molecule has 1 amide bonds. The van der Waals surface area contributed by atoms with Crippen LogP contribution in [-0.2, 0) is 6.54 Å². The molecule has 0 aliphatic rings. The molecule has 1 aromatic carbocycles. The van der Waals surface area contributed by atoms with Gasteiger partial charge in [0.25, 0.3) is 5.91 Å². The zero-order valence-corrected chi connectivity index (χ0v) is 19.7. The summed E-state index contributed by atoms with van der Waals surface area (Å²) in [5, 5.41) is 8.83. The molecule has 0 spiro atoms. The first-order chi connectivity index (χ1) is 14.5. The molecule has 0 radical (unpaired) electrons. The number of carbonyl (C=O) groups excluding carboxylic acids is 1. The molecule has 0 unspecified atom stereocenters. The minimum Gasteiger partial charge on any atom is -0.490 e. The predicted molar refractivity (Wildman–Crippen MR) is 124 cm³/mol. The number of carbonyl (C=O) groups is 1. The fraction of sp³-hybridized carbons (Fsp3) is 0.400. The van der Waals surface area contributed by atoms with Gasteiger partial charge in [-0.05, 0) is 32.0 Å². The van der Waals surface area contributed by atoms with Crippen LogP contribution in [0.3, 0.4) is 0 Å². The number of para-hydroxylation sites is 1. The number of ether oxygens (including phenoxy) is 2. The highest BCUT2D eigenvalue weighted by Crippen LogP contribution is 2.33. The molecule has 0 aliphatic heterocycles. The van der Waals surface area contributed by atoms with Crippen molar-refractivity contribution in [3.05, 3.63) is 47.9 Å². The van der Waals surface area contributed by atoms with Crippen molar-refractivity contribution in [3.8, 4) is 11.5 Å². The standard InChI is InChI=1S/C20H26F2N4O4.HI/c1-3-23-20(25-11-10-24-18(27)16-9-6-12-29-16)26-13-14-7-5-8-15(28-4-2)17(14)30-19(21)22;/h5-9,12,19H,3-4,10-11,13H2,1-2H3,(H,24,27)(H2,23,25,26);1H. The summed E-state index contributed by atoms with van der Waals surface area (Å²) < 4.78 is 40.7. The number of furan rings is 1. The van der Waals surface area contributed by atoms with Crippen LogP contribution >= 0.6 is 24.0 Å². The molecule has 172 valence electrons. The molecule has 0 fully saturated rings. The lowest BCUT2D eigenvalue weighted by atomic mass is 10.2. The summed E-state index contributed by atoms with van der Waals surface area (Å²) in [6.45, 7) is 2.44. The van der Waals surface area contributed by atoms with Crippen LogP contribution in [0.5, 0.6) is 11.5 Å². The number of rotatable bonds is 11. The van der Waals surface area contributed by atoms with E-state index in [9.17, 15) is 13.6 Å². The molecule has 31 heavy (non-hydrogen) atoms. The number of halogens is 3. The smallest absolute Gasteiger partial charge is 0.387 e. The van der Waals surface area contributed by atoms with Gasteiger partial charge in [0.1, 0.15) is 0 Å². The largest absolute Gasteiger partial charge is 0.490 e. The molecule has 0 bridgehead atoms. The zero-order chi connectivity index (χ0) is 21.8. The third-order valence-electron chi connectivity index (χ3n) is 3.77. The summed E-state index contributed by atoms with van der Waals surface area (Å²) in [6.07, 6.45) is 1.43. The Labute approximate surface area is 196 Å². The van der Waals surface area contributed by atoms with Crippen molar-refractivity contribution in [2.24, 2.45) is 4.99 Å². The van der Waals surface area contributed by atoms with E-state index in [0.29, 0.717) is 37.8 Å². The zero-order valence-electron chi connectivity index (χ0n) is 17.3. The van der Waals surface area contributed by atoms with E-state index in [1.807, 2.05) is 6.92 Å². The SMILES string of the molecule is CCNC(=NCc1cccc(OCC)c1OC(F)F)NCCNC(=O)c1ccco1.I. The molecule has 2 aromatic rings. The van der Waals surface area contributed by atoms with Crippen molar-refractivity contribution in [1.29, 1.82) is 0 Å². The van der Waals surface area contributed by atoms with Gasteiger partial charge in [0.05, 0.1) is 19.4 Å². The number of hydrogen-bond donors (Lipinski definition) is 3. The second kappa shape index (κ2) is 14.4. The topological polar surface area (TPSA) is 97.1 Å².